The maximum atomic E-state index is 11.9. The second kappa shape index (κ2) is 6.00. The molecule has 0 aliphatic rings. The minimum Gasteiger partial charge on any atom is -0.495 e. The topological polar surface area (TPSA) is 103 Å². The molecule has 2 amide bonds. The van der Waals surface area contributed by atoms with Crippen molar-refractivity contribution in [1.82, 2.24) is 4.98 Å². The fourth-order valence-corrected chi connectivity index (χ4v) is 1.92. The van der Waals surface area contributed by atoms with Gasteiger partial charge in [0, 0.05) is 11.9 Å². The van der Waals surface area contributed by atoms with Crippen LogP contribution in [0.25, 0.3) is 0 Å². The van der Waals surface area contributed by atoms with Gasteiger partial charge in [-0.05, 0) is 19.1 Å². The summed E-state index contributed by atoms with van der Waals surface area (Å²) in [5.41, 5.74) is 1.19. The fraction of sp³-hybridized carbons (Fsp3) is 0.143. The van der Waals surface area contributed by atoms with Crippen LogP contribution < -0.4 is 15.4 Å². The van der Waals surface area contributed by atoms with E-state index in [0.717, 1.165) is 0 Å². The molecule has 0 spiro atoms. The molecule has 0 bridgehead atoms. The molecule has 0 radical (unpaired) electrons. The van der Waals surface area contributed by atoms with Crippen LogP contribution in [0.1, 0.15) is 16.1 Å². The summed E-state index contributed by atoms with van der Waals surface area (Å²) in [6.45, 7) is 1.62. The van der Waals surface area contributed by atoms with Crippen molar-refractivity contribution in [2.45, 2.75) is 6.92 Å². The fourth-order valence-electron chi connectivity index (χ4n) is 1.92. The Morgan fingerprint density at radius 1 is 1.19 bits per heavy atom. The highest BCUT2D eigenvalue weighted by Crippen LogP contribution is 2.24. The van der Waals surface area contributed by atoms with E-state index in [9.17, 15) is 9.59 Å². The molecule has 0 atom stereocenters. The van der Waals surface area contributed by atoms with Crippen LogP contribution in [0.4, 0.5) is 16.2 Å². The number of ether oxygens (including phenoxy) is 1. The van der Waals surface area contributed by atoms with Gasteiger partial charge in [0.25, 0.3) is 0 Å². The molecule has 21 heavy (non-hydrogen) atoms. The van der Waals surface area contributed by atoms with E-state index in [1.54, 1.807) is 31.2 Å². The van der Waals surface area contributed by atoms with Crippen molar-refractivity contribution in [2.24, 2.45) is 0 Å². The summed E-state index contributed by atoms with van der Waals surface area (Å²) >= 11 is 0. The molecule has 1 aromatic heterocycles. The molecule has 0 unspecified atom stereocenters. The zero-order valence-corrected chi connectivity index (χ0v) is 11.6. The molecule has 1 heterocycles. The summed E-state index contributed by atoms with van der Waals surface area (Å²) in [6.07, 6.45) is 1.43. The Balaban J connectivity index is 2.14. The molecular formula is C14H15N3O4. The average Bonchev–Trinajstić information content (AvgIpc) is 2.80. The lowest BCUT2D eigenvalue weighted by Gasteiger charge is -2.10. The third-order valence-electron chi connectivity index (χ3n) is 2.89. The molecule has 2 aromatic rings. The van der Waals surface area contributed by atoms with E-state index in [-0.39, 0.29) is 11.3 Å². The minimum atomic E-state index is -1.11. The number of benzene rings is 1. The number of carbonyl (C=O) groups is 2. The molecule has 0 aliphatic carbocycles. The van der Waals surface area contributed by atoms with E-state index in [1.165, 1.54) is 13.3 Å². The SMILES string of the molecule is COc1ccccc1NC(=O)Nc1c[nH]c(C)c1C(=O)O. The van der Waals surface area contributed by atoms with Crippen LogP contribution in [0.15, 0.2) is 30.5 Å². The van der Waals surface area contributed by atoms with Gasteiger partial charge >= 0.3 is 12.0 Å². The second-order valence-electron chi connectivity index (χ2n) is 4.29. The molecule has 110 valence electrons. The van der Waals surface area contributed by atoms with Crippen LogP contribution in [0.2, 0.25) is 0 Å². The predicted octanol–water partition coefficient (Wildman–Crippen LogP) is 2.67. The first-order valence-electron chi connectivity index (χ1n) is 6.15. The molecule has 0 aliphatic heterocycles. The number of aromatic amines is 1. The van der Waals surface area contributed by atoms with Gasteiger partial charge in [0.05, 0.1) is 18.5 Å². The molecule has 0 fully saturated rings. The number of carbonyl (C=O) groups excluding carboxylic acids is 1. The molecule has 1 aromatic carbocycles. The maximum Gasteiger partial charge on any atom is 0.339 e. The van der Waals surface area contributed by atoms with Gasteiger partial charge in [-0.3, -0.25) is 0 Å². The lowest BCUT2D eigenvalue weighted by molar-refractivity contribution is 0.0697. The summed E-state index contributed by atoms with van der Waals surface area (Å²) in [7, 11) is 1.50. The van der Waals surface area contributed by atoms with E-state index >= 15 is 0 Å². The maximum absolute atomic E-state index is 11.9. The number of rotatable bonds is 4. The van der Waals surface area contributed by atoms with Crippen molar-refractivity contribution in [3.05, 3.63) is 41.7 Å². The van der Waals surface area contributed by atoms with Gasteiger partial charge in [0.15, 0.2) is 0 Å². The van der Waals surface area contributed by atoms with Crippen molar-refractivity contribution in [3.8, 4) is 5.75 Å². The van der Waals surface area contributed by atoms with Gasteiger partial charge in [-0.15, -0.1) is 0 Å². The van der Waals surface area contributed by atoms with Crippen LogP contribution in [0.5, 0.6) is 5.75 Å². The highest BCUT2D eigenvalue weighted by atomic mass is 16.5. The third-order valence-corrected chi connectivity index (χ3v) is 2.89. The number of carboxylic acid groups (broad SMARTS) is 1. The van der Waals surface area contributed by atoms with Gasteiger partial charge < -0.3 is 25.5 Å². The number of amides is 2. The number of para-hydroxylation sites is 2. The minimum absolute atomic E-state index is 0.0326. The molecule has 2 rings (SSSR count). The number of carboxylic acids is 1. The zero-order chi connectivity index (χ0) is 15.4. The predicted molar refractivity (Wildman–Crippen MR) is 78.1 cm³/mol. The number of aromatic carboxylic acids is 1. The lowest BCUT2D eigenvalue weighted by Crippen LogP contribution is -2.20. The number of nitrogens with one attached hydrogen (secondary N) is 3. The first kappa shape index (κ1) is 14.4. The molecule has 7 nitrogen and oxygen atoms in total. The van der Waals surface area contributed by atoms with Crippen LogP contribution in [0, 0.1) is 6.92 Å². The smallest absolute Gasteiger partial charge is 0.339 e. The summed E-state index contributed by atoms with van der Waals surface area (Å²) < 4.78 is 5.12. The number of anilines is 2. The van der Waals surface area contributed by atoms with Crippen molar-refractivity contribution < 1.29 is 19.4 Å². The molecular weight excluding hydrogens is 274 g/mol. The Bertz CT molecular complexity index is 679. The summed E-state index contributed by atoms with van der Waals surface area (Å²) in [4.78, 5) is 25.8. The van der Waals surface area contributed by atoms with E-state index in [0.29, 0.717) is 17.1 Å². The molecule has 4 N–H and O–H groups in total. The number of hydrogen-bond donors (Lipinski definition) is 4. The number of methoxy groups -OCH3 is 1. The van der Waals surface area contributed by atoms with E-state index < -0.39 is 12.0 Å². The molecule has 0 saturated heterocycles. The Morgan fingerprint density at radius 2 is 1.86 bits per heavy atom. The zero-order valence-electron chi connectivity index (χ0n) is 11.6. The van der Waals surface area contributed by atoms with Crippen molar-refractivity contribution in [1.29, 1.82) is 0 Å². The van der Waals surface area contributed by atoms with Gasteiger partial charge in [-0.1, -0.05) is 12.1 Å². The number of urea groups is 1. The number of aromatic nitrogens is 1. The largest absolute Gasteiger partial charge is 0.495 e. The first-order chi connectivity index (χ1) is 10.0. The van der Waals surface area contributed by atoms with Gasteiger partial charge in [0.2, 0.25) is 0 Å². The van der Waals surface area contributed by atoms with Crippen LogP contribution in [-0.2, 0) is 0 Å². The highest BCUT2D eigenvalue weighted by molar-refractivity contribution is 6.05. The van der Waals surface area contributed by atoms with Crippen molar-refractivity contribution in [3.63, 3.8) is 0 Å². The Kier molecular flexibility index (Phi) is 4.13. The van der Waals surface area contributed by atoms with Crippen LogP contribution in [-0.4, -0.2) is 29.2 Å². The van der Waals surface area contributed by atoms with E-state index in [2.05, 4.69) is 15.6 Å². The molecule has 0 saturated carbocycles. The summed E-state index contributed by atoms with van der Waals surface area (Å²) in [6, 6.07) is 6.36. The summed E-state index contributed by atoms with van der Waals surface area (Å²) in [5.74, 6) is -0.599. The normalized spacial score (nSPS) is 10.0. The second-order valence-corrected chi connectivity index (χ2v) is 4.29. The summed E-state index contributed by atoms with van der Waals surface area (Å²) in [5, 5.41) is 14.2. The number of H-pyrrole nitrogens is 1. The Morgan fingerprint density at radius 3 is 2.52 bits per heavy atom. The van der Waals surface area contributed by atoms with E-state index in [1.807, 2.05) is 0 Å². The van der Waals surface area contributed by atoms with E-state index in [4.69, 9.17) is 9.84 Å². The van der Waals surface area contributed by atoms with Gasteiger partial charge in [-0.25, -0.2) is 9.59 Å². The van der Waals surface area contributed by atoms with Gasteiger partial charge in [0.1, 0.15) is 11.3 Å². The van der Waals surface area contributed by atoms with Crippen LogP contribution >= 0.6 is 0 Å². The lowest BCUT2D eigenvalue weighted by atomic mass is 10.2. The quantitative estimate of drug-likeness (QED) is 0.694. The standard InChI is InChI=1S/C14H15N3O4/c1-8-12(13(18)19)10(7-15-8)17-14(20)16-9-5-3-4-6-11(9)21-2/h3-7,15H,1-2H3,(H,18,19)(H2,16,17,20). The number of hydrogen-bond acceptors (Lipinski definition) is 3. The Hall–Kier alpha value is -2.96. The van der Waals surface area contributed by atoms with Crippen LogP contribution in [0.3, 0.4) is 0 Å². The van der Waals surface area contributed by atoms with Gasteiger partial charge in [-0.2, -0.15) is 0 Å². The third kappa shape index (κ3) is 3.14. The molecule has 7 heteroatoms. The highest BCUT2D eigenvalue weighted by Gasteiger charge is 2.17. The van der Waals surface area contributed by atoms with Crippen molar-refractivity contribution in [2.75, 3.05) is 17.7 Å². The first-order valence-corrected chi connectivity index (χ1v) is 6.15. The Labute approximate surface area is 120 Å². The van der Waals surface area contributed by atoms with Crippen molar-refractivity contribution >= 4 is 23.4 Å². The monoisotopic (exact) mass is 289 g/mol. The average molecular weight is 289 g/mol. The number of aryl methyl sites for hydroxylation is 1.